The van der Waals surface area contributed by atoms with E-state index in [4.69, 9.17) is 4.74 Å². The zero-order valence-corrected chi connectivity index (χ0v) is 14.3. The molecule has 1 aromatic carbocycles. The number of hydrogen-bond acceptors (Lipinski definition) is 4. The smallest absolute Gasteiger partial charge is 0.309 e. The molecule has 0 amide bonds. The Balaban J connectivity index is 1.45. The first-order valence-corrected chi connectivity index (χ1v) is 8.93. The number of hydrogen-bond donors (Lipinski definition) is 1. The second kappa shape index (κ2) is 7.35. The predicted octanol–water partition coefficient (Wildman–Crippen LogP) is 2.86. The van der Waals surface area contributed by atoms with E-state index in [1.54, 1.807) is 0 Å². The van der Waals surface area contributed by atoms with Crippen molar-refractivity contribution in [2.45, 2.75) is 45.6 Å². The molecule has 0 aromatic heterocycles. The van der Waals surface area contributed by atoms with Crippen LogP contribution in [0.3, 0.4) is 0 Å². The van der Waals surface area contributed by atoms with Gasteiger partial charge in [-0.3, -0.25) is 4.79 Å². The summed E-state index contributed by atoms with van der Waals surface area (Å²) >= 11 is 0. The molecule has 2 aliphatic rings. The second-order valence-corrected chi connectivity index (χ2v) is 6.86. The fraction of sp³-hybridized carbons (Fsp3) is 0.632. The molecule has 1 aromatic rings. The molecule has 23 heavy (non-hydrogen) atoms. The number of carbonyl (C=O) groups is 1. The summed E-state index contributed by atoms with van der Waals surface area (Å²) in [6, 6.07) is 7.38. The third-order valence-electron chi connectivity index (χ3n) is 5.02. The van der Waals surface area contributed by atoms with Gasteiger partial charge in [0.2, 0.25) is 0 Å². The first kappa shape index (κ1) is 16.3. The average Bonchev–Trinajstić information content (AvgIpc) is 2.93. The van der Waals surface area contributed by atoms with Crippen LogP contribution in [-0.2, 0) is 22.4 Å². The number of anilines is 1. The van der Waals surface area contributed by atoms with Crippen molar-refractivity contribution in [1.82, 2.24) is 4.90 Å². The van der Waals surface area contributed by atoms with Gasteiger partial charge in [0.15, 0.2) is 0 Å². The molecule has 0 spiro atoms. The van der Waals surface area contributed by atoms with Crippen LogP contribution in [-0.4, -0.2) is 43.2 Å². The van der Waals surface area contributed by atoms with E-state index < -0.39 is 0 Å². The molecule has 1 unspecified atom stereocenters. The van der Waals surface area contributed by atoms with Crippen molar-refractivity contribution in [3.63, 3.8) is 0 Å². The van der Waals surface area contributed by atoms with Crippen molar-refractivity contribution in [2.24, 2.45) is 5.92 Å². The number of nitrogens with zero attached hydrogens (tertiary/aromatic N) is 1. The van der Waals surface area contributed by atoms with Gasteiger partial charge in [0.05, 0.1) is 12.5 Å². The van der Waals surface area contributed by atoms with E-state index in [-0.39, 0.29) is 11.9 Å². The lowest BCUT2D eigenvalue weighted by molar-refractivity contribution is -0.149. The van der Waals surface area contributed by atoms with Gasteiger partial charge >= 0.3 is 5.97 Å². The Labute approximate surface area is 139 Å². The first-order chi connectivity index (χ1) is 11.2. The van der Waals surface area contributed by atoms with Gasteiger partial charge in [0.1, 0.15) is 0 Å². The van der Waals surface area contributed by atoms with E-state index >= 15 is 0 Å². The van der Waals surface area contributed by atoms with Crippen molar-refractivity contribution in [3.8, 4) is 0 Å². The van der Waals surface area contributed by atoms with Gasteiger partial charge < -0.3 is 15.0 Å². The third-order valence-corrected chi connectivity index (χ3v) is 5.02. The van der Waals surface area contributed by atoms with Crippen molar-refractivity contribution in [3.05, 3.63) is 29.3 Å². The molecule has 2 aliphatic heterocycles. The number of nitrogens with one attached hydrogen (secondary N) is 1. The number of ether oxygens (including phenoxy) is 1. The zero-order valence-electron chi connectivity index (χ0n) is 14.3. The number of fused-ring (bicyclic) bond motifs is 1. The molecule has 0 aliphatic carbocycles. The van der Waals surface area contributed by atoms with Gasteiger partial charge in [-0.1, -0.05) is 12.1 Å². The van der Waals surface area contributed by atoms with E-state index in [1.165, 1.54) is 16.8 Å². The van der Waals surface area contributed by atoms with E-state index in [0.29, 0.717) is 12.6 Å². The SMILES string of the molecule is CCOC(=O)C1CCN(CCc2ccc3c(c2)CC(C)N3)CC1. The van der Waals surface area contributed by atoms with Crippen LogP contribution in [0.25, 0.3) is 0 Å². The van der Waals surface area contributed by atoms with E-state index in [1.807, 2.05) is 6.92 Å². The number of benzene rings is 1. The lowest BCUT2D eigenvalue weighted by atomic mass is 9.96. The Hall–Kier alpha value is -1.55. The molecule has 1 N–H and O–H groups in total. The predicted molar refractivity (Wildman–Crippen MR) is 92.7 cm³/mol. The lowest BCUT2D eigenvalue weighted by Gasteiger charge is -2.30. The average molecular weight is 316 g/mol. The number of esters is 1. The molecule has 126 valence electrons. The van der Waals surface area contributed by atoms with E-state index in [2.05, 4.69) is 35.3 Å². The van der Waals surface area contributed by atoms with E-state index in [0.717, 1.165) is 45.3 Å². The molecule has 1 atom stereocenters. The van der Waals surface area contributed by atoms with Crippen LogP contribution >= 0.6 is 0 Å². The van der Waals surface area contributed by atoms with Crippen LogP contribution in [0, 0.1) is 5.92 Å². The monoisotopic (exact) mass is 316 g/mol. The Morgan fingerprint density at radius 1 is 1.35 bits per heavy atom. The Kier molecular flexibility index (Phi) is 5.21. The standard InChI is InChI=1S/C19H28N2O2/c1-3-23-19(22)16-7-10-21(11-8-16)9-6-15-4-5-18-17(13-15)12-14(2)20-18/h4-5,13-14,16,20H,3,6-12H2,1-2H3. The summed E-state index contributed by atoms with van der Waals surface area (Å²) in [7, 11) is 0. The highest BCUT2D eigenvalue weighted by Gasteiger charge is 2.25. The molecule has 4 nitrogen and oxygen atoms in total. The highest BCUT2D eigenvalue weighted by Crippen LogP contribution is 2.27. The summed E-state index contributed by atoms with van der Waals surface area (Å²) in [4.78, 5) is 14.2. The fourth-order valence-corrected chi connectivity index (χ4v) is 3.70. The number of rotatable bonds is 5. The number of carbonyl (C=O) groups excluding carboxylic acids is 1. The highest BCUT2D eigenvalue weighted by molar-refractivity contribution is 5.72. The summed E-state index contributed by atoms with van der Waals surface area (Å²) in [6.45, 7) is 7.69. The maximum atomic E-state index is 11.8. The highest BCUT2D eigenvalue weighted by atomic mass is 16.5. The zero-order chi connectivity index (χ0) is 16.2. The summed E-state index contributed by atoms with van der Waals surface area (Å²) < 4.78 is 5.13. The minimum atomic E-state index is -0.00704. The van der Waals surface area contributed by atoms with Crippen LogP contribution in [0.15, 0.2) is 18.2 Å². The van der Waals surface area contributed by atoms with Gasteiger partial charge in [-0.25, -0.2) is 0 Å². The minimum Gasteiger partial charge on any atom is -0.466 e. The first-order valence-electron chi connectivity index (χ1n) is 8.93. The van der Waals surface area contributed by atoms with Crippen molar-refractivity contribution < 1.29 is 9.53 Å². The van der Waals surface area contributed by atoms with E-state index in [9.17, 15) is 4.79 Å². The van der Waals surface area contributed by atoms with Crippen molar-refractivity contribution in [1.29, 1.82) is 0 Å². The lowest BCUT2D eigenvalue weighted by Crippen LogP contribution is -2.38. The van der Waals surface area contributed by atoms with Gasteiger partial charge in [-0.15, -0.1) is 0 Å². The third kappa shape index (κ3) is 4.05. The molecule has 2 heterocycles. The van der Waals surface area contributed by atoms with Crippen LogP contribution in [0.2, 0.25) is 0 Å². The largest absolute Gasteiger partial charge is 0.466 e. The fourth-order valence-electron chi connectivity index (χ4n) is 3.70. The molecular weight excluding hydrogens is 288 g/mol. The van der Waals surface area contributed by atoms with Crippen LogP contribution in [0.4, 0.5) is 5.69 Å². The van der Waals surface area contributed by atoms with Crippen LogP contribution in [0.1, 0.15) is 37.8 Å². The molecule has 0 saturated carbocycles. The minimum absolute atomic E-state index is 0.00704. The molecule has 1 saturated heterocycles. The Morgan fingerprint density at radius 3 is 2.87 bits per heavy atom. The molecule has 3 rings (SSSR count). The summed E-state index contributed by atoms with van der Waals surface area (Å²) in [5.41, 5.74) is 4.18. The molecule has 4 heteroatoms. The topological polar surface area (TPSA) is 41.6 Å². The normalized spacial score (nSPS) is 21.7. The number of piperidine rings is 1. The Bertz CT molecular complexity index is 550. The van der Waals surface area contributed by atoms with Gasteiger partial charge in [0, 0.05) is 18.3 Å². The Morgan fingerprint density at radius 2 is 2.13 bits per heavy atom. The quantitative estimate of drug-likeness (QED) is 0.848. The maximum Gasteiger partial charge on any atom is 0.309 e. The molecule has 0 radical (unpaired) electrons. The van der Waals surface area contributed by atoms with Crippen molar-refractivity contribution in [2.75, 3.05) is 31.6 Å². The molecule has 1 fully saturated rings. The van der Waals surface area contributed by atoms with Gasteiger partial charge in [0.25, 0.3) is 0 Å². The summed E-state index contributed by atoms with van der Waals surface area (Å²) in [6.07, 6.45) is 4.09. The van der Waals surface area contributed by atoms with Crippen LogP contribution < -0.4 is 5.32 Å². The van der Waals surface area contributed by atoms with Gasteiger partial charge in [-0.2, -0.15) is 0 Å². The van der Waals surface area contributed by atoms with Crippen molar-refractivity contribution >= 4 is 11.7 Å². The molecular formula is C19H28N2O2. The summed E-state index contributed by atoms with van der Waals surface area (Å²) in [5, 5.41) is 3.50. The van der Waals surface area contributed by atoms with Gasteiger partial charge in [-0.05, 0) is 69.8 Å². The molecule has 0 bridgehead atoms. The summed E-state index contributed by atoms with van der Waals surface area (Å²) in [5.74, 6) is 0.103. The number of likely N-dealkylation sites (tertiary alicyclic amines) is 1. The second-order valence-electron chi connectivity index (χ2n) is 6.86. The van der Waals surface area contributed by atoms with Crippen LogP contribution in [0.5, 0.6) is 0 Å². The maximum absolute atomic E-state index is 11.8.